The lowest BCUT2D eigenvalue weighted by Gasteiger charge is -2.22. The first-order valence-corrected chi connectivity index (χ1v) is 8.30. The van der Waals surface area contributed by atoms with Crippen molar-refractivity contribution in [3.05, 3.63) is 54.2 Å². The molecule has 2 saturated heterocycles. The van der Waals surface area contributed by atoms with Crippen LogP contribution in [0.5, 0.6) is 0 Å². The number of nitrogens with zero attached hydrogens (tertiary/aromatic N) is 3. The molecule has 24 heavy (non-hydrogen) atoms. The summed E-state index contributed by atoms with van der Waals surface area (Å²) in [6, 6.07) is 14.5. The maximum atomic E-state index is 11.7. The Labute approximate surface area is 141 Å². The van der Waals surface area contributed by atoms with Gasteiger partial charge in [-0.1, -0.05) is 24.3 Å². The Bertz CT molecular complexity index is 749. The molecule has 2 aliphatic rings. The van der Waals surface area contributed by atoms with Gasteiger partial charge in [-0.25, -0.2) is 4.79 Å². The summed E-state index contributed by atoms with van der Waals surface area (Å²) >= 11 is 0. The molecular formula is C19H21N3O2. The van der Waals surface area contributed by atoms with Crippen LogP contribution in [0.15, 0.2) is 48.7 Å². The molecule has 0 saturated carbocycles. The lowest BCUT2D eigenvalue weighted by atomic mass is 10.0. The maximum Gasteiger partial charge on any atom is 0.410 e. The Balaban J connectivity index is 1.46. The second kappa shape index (κ2) is 5.91. The topological polar surface area (TPSA) is 45.7 Å². The highest BCUT2D eigenvalue weighted by atomic mass is 16.6. The summed E-state index contributed by atoms with van der Waals surface area (Å²) in [5.41, 5.74) is 3.07. The zero-order valence-corrected chi connectivity index (χ0v) is 13.8. The van der Waals surface area contributed by atoms with Gasteiger partial charge in [0.05, 0.1) is 12.2 Å². The Hall–Kier alpha value is -2.40. The predicted molar refractivity (Wildman–Crippen MR) is 91.4 cm³/mol. The molecule has 5 nitrogen and oxygen atoms in total. The van der Waals surface area contributed by atoms with E-state index in [-0.39, 0.29) is 11.7 Å². The zero-order chi connectivity index (χ0) is 16.6. The number of amides is 1. The molecule has 1 aromatic heterocycles. The van der Waals surface area contributed by atoms with Crippen molar-refractivity contribution in [2.24, 2.45) is 0 Å². The van der Waals surface area contributed by atoms with Crippen LogP contribution in [-0.4, -0.2) is 53.2 Å². The SMILES string of the molecule is CN1C[C@@]2(CCN(Cc3cccc(-c4ccccn4)c3)C2)OC1=O. The Morgan fingerprint density at radius 2 is 2.12 bits per heavy atom. The molecule has 0 N–H and O–H groups in total. The van der Waals surface area contributed by atoms with Crippen molar-refractivity contribution in [2.75, 3.05) is 26.7 Å². The predicted octanol–water partition coefficient (Wildman–Crippen LogP) is 2.78. The van der Waals surface area contributed by atoms with E-state index in [1.807, 2.05) is 24.4 Å². The molecule has 2 aliphatic heterocycles. The minimum atomic E-state index is -0.315. The molecule has 0 radical (unpaired) electrons. The van der Waals surface area contributed by atoms with E-state index in [1.54, 1.807) is 11.9 Å². The number of likely N-dealkylation sites (N-methyl/N-ethyl adjacent to an activating group) is 1. The number of hydrogen-bond acceptors (Lipinski definition) is 4. The summed E-state index contributed by atoms with van der Waals surface area (Å²) in [5.74, 6) is 0. The highest BCUT2D eigenvalue weighted by molar-refractivity contribution is 5.70. The van der Waals surface area contributed by atoms with Gasteiger partial charge in [-0.05, 0) is 23.8 Å². The number of pyridine rings is 1. The van der Waals surface area contributed by atoms with Crippen LogP contribution < -0.4 is 0 Å². The van der Waals surface area contributed by atoms with Crippen molar-refractivity contribution in [2.45, 2.75) is 18.6 Å². The molecule has 1 atom stereocenters. The minimum absolute atomic E-state index is 0.200. The van der Waals surface area contributed by atoms with Gasteiger partial charge in [0.2, 0.25) is 0 Å². The Kier molecular flexibility index (Phi) is 3.73. The molecule has 2 fully saturated rings. The average molecular weight is 323 g/mol. The largest absolute Gasteiger partial charge is 0.439 e. The summed E-state index contributed by atoms with van der Waals surface area (Å²) in [6.07, 6.45) is 2.52. The summed E-state index contributed by atoms with van der Waals surface area (Å²) in [5, 5.41) is 0. The monoisotopic (exact) mass is 323 g/mol. The van der Waals surface area contributed by atoms with E-state index < -0.39 is 0 Å². The van der Waals surface area contributed by atoms with E-state index in [9.17, 15) is 4.79 Å². The van der Waals surface area contributed by atoms with Crippen LogP contribution in [0.1, 0.15) is 12.0 Å². The molecule has 1 aromatic carbocycles. The lowest BCUT2D eigenvalue weighted by Crippen LogP contribution is -2.37. The molecule has 3 heterocycles. The zero-order valence-electron chi connectivity index (χ0n) is 13.8. The third kappa shape index (κ3) is 2.87. The highest BCUT2D eigenvalue weighted by Crippen LogP contribution is 2.32. The van der Waals surface area contributed by atoms with E-state index in [0.29, 0.717) is 6.54 Å². The number of ether oxygens (including phenoxy) is 1. The maximum absolute atomic E-state index is 11.7. The van der Waals surface area contributed by atoms with E-state index in [4.69, 9.17) is 4.74 Å². The Morgan fingerprint density at radius 1 is 1.21 bits per heavy atom. The van der Waals surface area contributed by atoms with Gasteiger partial charge in [-0.3, -0.25) is 9.88 Å². The second-order valence-corrected chi connectivity index (χ2v) is 6.78. The van der Waals surface area contributed by atoms with Gasteiger partial charge in [0, 0.05) is 44.9 Å². The van der Waals surface area contributed by atoms with Gasteiger partial charge >= 0.3 is 6.09 Å². The standard InChI is InChI=1S/C19H21N3O2/c1-21-13-19(24-18(21)23)8-10-22(14-19)12-15-5-4-6-16(11-15)17-7-2-3-9-20-17/h2-7,9,11H,8,10,12-14H2,1H3/t19-/m1/s1. The number of benzene rings is 1. The van der Waals surface area contributed by atoms with E-state index in [2.05, 4.69) is 34.1 Å². The van der Waals surface area contributed by atoms with Gasteiger partial charge < -0.3 is 9.64 Å². The fraction of sp³-hybridized carbons (Fsp3) is 0.368. The fourth-order valence-electron chi connectivity index (χ4n) is 3.69. The first-order valence-electron chi connectivity index (χ1n) is 8.30. The molecule has 1 amide bonds. The van der Waals surface area contributed by atoms with Crippen LogP contribution in [0.3, 0.4) is 0 Å². The number of carbonyl (C=O) groups excluding carboxylic acids is 1. The third-order valence-corrected chi connectivity index (χ3v) is 4.83. The van der Waals surface area contributed by atoms with Gasteiger partial charge in [0.15, 0.2) is 0 Å². The molecule has 4 rings (SSSR count). The molecule has 124 valence electrons. The van der Waals surface area contributed by atoms with E-state index in [0.717, 1.165) is 37.3 Å². The molecule has 0 bridgehead atoms. The summed E-state index contributed by atoms with van der Waals surface area (Å²) < 4.78 is 5.62. The van der Waals surface area contributed by atoms with Gasteiger partial charge in [0.25, 0.3) is 0 Å². The van der Waals surface area contributed by atoms with Crippen molar-refractivity contribution >= 4 is 6.09 Å². The van der Waals surface area contributed by atoms with Crippen molar-refractivity contribution in [1.82, 2.24) is 14.8 Å². The van der Waals surface area contributed by atoms with Crippen molar-refractivity contribution < 1.29 is 9.53 Å². The fourth-order valence-corrected chi connectivity index (χ4v) is 3.69. The van der Waals surface area contributed by atoms with Gasteiger partial charge in [-0.2, -0.15) is 0 Å². The van der Waals surface area contributed by atoms with Crippen LogP contribution in [-0.2, 0) is 11.3 Å². The molecule has 0 aliphatic carbocycles. The first-order chi connectivity index (χ1) is 11.6. The first kappa shape index (κ1) is 15.1. The van der Waals surface area contributed by atoms with Gasteiger partial charge in [0.1, 0.15) is 5.60 Å². The average Bonchev–Trinajstić information content (AvgIpc) is 3.10. The van der Waals surface area contributed by atoms with Gasteiger partial charge in [-0.15, -0.1) is 0 Å². The number of carbonyl (C=O) groups is 1. The number of rotatable bonds is 3. The third-order valence-electron chi connectivity index (χ3n) is 4.83. The summed E-state index contributed by atoms with van der Waals surface area (Å²) in [6.45, 7) is 3.31. The summed E-state index contributed by atoms with van der Waals surface area (Å²) in [4.78, 5) is 20.1. The molecule has 0 unspecified atom stereocenters. The van der Waals surface area contributed by atoms with Crippen LogP contribution in [0.4, 0.5) is 4.79 Å². The quantitative estimate of drug-likeness (QED) is 0.871. The van der Waals surface area contributed by atoms with Crippen molar-refractivity contribution in [3.63, 3.8) is 0 Å². The van der Waals surface area contributed by atoms with Crippen LogP contribution in [0.2, 0.25) is 0 Å². The van der Waals surface area contributed by atoms with Crippen molar-refractivity contribution in [1.29, 1.82) is 0 Å². The molecule has 2 aromatic rings. The lowest BCUT2D eigenvalue weighted by molar-refractivity contribution is 0.0627. The van der Waals surface area contributed by atoms with E-state index >= 15 is 0 Å². The van der Waals surface area contributed by atoms with Crippen LogP contribution >= 0.6 is 0 Å². The van der Waals surface area contributed by atoms with Crippen LogP contribution in [0.25, 0.3) is 11.3 Å². The number of likely N-dealkylation sites (tertiary alicyclic amines) is 1. The highest BCUT2D eigenvalue weighted by Gasteiger charge is 2.48. The Morgan fingerprint density at radius 3 is 2.88 bits per heavy atom. The summed E-state index contributed by atoms with van der Waals surface area (Å²) in [7, 11) is 1.80. The minimum Gasteiger partial charge on any atom is -0.439 e. The van der Waals surface area contributed by atoms with Crippen molar-refractivity contribution in [3.8, 4) is 11.3 Å². The number of hydrogen-bond donors (Lipinski definition) is 0. The van der Waals surface area contributed by atoms with E-state index in [1.165, 1.54) is 5.56 Å². The van der Waals surface area contributed by atoms with Crippen LogP contribution in [0, 0.1) is 0 Å². The molecular weight excluding hydrogens is 302 g/mol. The molecule has 5 heteroatoms. The second-order valence-electron chi connectivity index (χ2n) is 6.78. The normalized spacial score (nSPS) is 23.9. The smallest absolute Gasteiger partial charge is 0.410 e. The molecule has 1 spiro atoms. The number of aromatic nitrogens is 1.